The third-order valence-electron chi connectivity index (χ3n) is 3.19. The van der Waals surface area contributed by atoms with Gasteiger partial charge in [0.1, 0.15) is 6.61 Å². The maximum atomic E-state index is 12.7. The van der Waals surface area contributed by atoms with Crippen molar-refractivity contribution in [2.75, 3.05) is 33.0 Å². The maximum absolute atomic E-state index is 12.7. The van der Waals surface area contributed by atoms with Gasteiger partial charge in [-0.1, -0.05) is 6.92 Å². The fourth-order valence-electron chi connectivity index (χ4n) is 1.96. The van der Waals surface area contributed by atoms with Crippen LogP contribution in [-0.4, -0.2) is 51.1 Å². The molecule has 0 amide bonds. The zero-order chi connectivity index (χ0) is 15.2. The largest absolute Gasteiger partial charge is 0.455 e. The molecule has 0 radical (unpaired) electrons. The van der Waals surface area contributed by atoms with Crippen molar-refractivity contribution in [1.82, 2.24) is 5.32 Å². The Balaban J connectivity index is 2.41. The molecule has 0 bridgehead atoms. The van der Waals surface area contributed by atoms with E-state index in [0.29, 0.717) is 19.8 Å². The van der Waals surface area contributed by atoms with E-state index in [4.69, 9.17) is 4.74 Å². The van der Waals surface area contributed by atoms with Gasteiger partial charge in [-0.3, -0.25) is 0 Å². The van der Waals surface area contributed by atoms with Crippen LogP contribution < -0.4 is 5.32 Å². The highest BCUT2D eigenvalue weighted by Crippen LogP contribution is 2.35. The second-order valence-corrected chi connectivity index (χ2v) is 4.90. The minimum Gasteiger partial charge on any atom is -0.381 e. The third-order valence-corrected chi connectivity index (χ3v) is 3.19. The van der Waals surface area contributed by atoms with E-state index in [-0.39, 0.29) is 18.6 Å². The van der Waals surface area contributed by atoms with E-state index in [1.165, 1.54) is 0 Å². The molecule has 8 heteroatoms. The van der Waals surface area contributed by atoms with Gasteiger partial charge in [-0.2, -0.15) is 22.0 Å². The molecule has 1 aliphatic rings. The predicted octanol–water partition coefficient (Wildman–Crippen LogP) is 2.61. The van der Waals surface area contributed by atoms with Gasteiger partial charge in [0.25, 0.3) is 0 Å². The molecule has 0 aromatic rings. The standard InChI is InChI=1S/C12H20F5NO2/c1-2-4-18-10(9-3-5-19-6-9)7-20-8-11(13,14)12(15,16)17/h9-10,18H,2-8H2,1H3. The Labute approximate surface area is 114 Å². The number of ether oxygens (including phenoxy) is 2. The van der Waals surface area contributed by atoms with Gasteiger partial charge in [0, 0.05) is 18.6 Å². The van der Waals surface area contributed by atoms with Crippen LogP contribution in [-0.2, 0) is 9.47 Å². The van der Waals surface area contributed by atoms with Gasteiger partial charge in [-0.05, 0) is 19.4 Å². The zero-order valence-electron chi connectivity index (χ0n) is 11.3. The number of halogens is 5. The first kappa shape index (κ1) is 17.6. The monoisotopic (exact) mass is 305 g/mol. The van der Waals surface area contributed by atoms with E-state index in [2.05, 4.69) is 10.1 Å². The molecular weight excluding hydrogens is 285 g/mol. The van der Waals surface area contributed by atoms with Crippen LogP contribution in [0.3, 0.4) is 0 Å². The van der Waals surface area contributed by atoms with Crippen molar-refractivity contribution < 1.29 is 31.4 Å². The van der Waals surface area contributed by atoms with Gasteiger partial charge in [-0.15, -0.1) is 0 Å². The highest BCUT2D eigenvalue weighted by Gasteiger charge is 2.57. The van der Waals surface area contributed by atoms with Gasteiger partial charge in [0.15, 0.2) is 0 Å². The van der Waals surface area contributed by atoms with Crippen LogP contribution in [0.1, 0.15) is 19.8 Å². The summed E-state index contributed by atoms with van der Waals surface area (Å²) in [5.41, 5.74) is 0. The highest BCUT2D eigenvalue weighted by molar-refractivity contribution is 4.80. The van der Waals surface area contributed by atoms with E-state index < -0.39 is 18.7 Å². The molecule has 1 N–H and O–H groups in total. The molecule has 1 saturated heterocycles. The maximum Gasteiger partial charge on any atom is 0.455 e. The summed E-state index contributed by atoms with van der Waals surface area (Å²) in [6, 6.07) is -0.263. The van der Waals surface area contributed by atoms with Crippen molar-refractivity contribution in [3.05, 3.63) is 0 Å². The molecular formula is C12H20F5NO2. The van der Waals surface area contributed by atoms with Crippen LogP contribution in [0.25, 0.3) is 0 Å². The summed E-state index contributed by atoms with van der Waals surface area (Å²) >= 11 is 0. The van der Waals surface area contributed by atoms with E-state index >= 15 is 0 Å². The Morgan fingerprint density at radius 2 is 2.00 bits per heavy atom. The Hall–Kier alpha value is -0.470. The number of hydrogen-bond acceptors (Lipinski definition) is 3. The zero-order valence-corrected chi connectivity index (χ0v) is 11.3. The number of rotatable bonds is 8. The lowest BCUT2D eigenvalue weighted by Gasteiger charge is -2.25. The van der Waals surface area contributed by atoms with Crippen molar-refractivity contribution in [3.8, 4) is 0 Å². The van der Waals surface area contributed by atoms with Crippen molar-refractivity contribution in [2.24, 2.45) is 5.92 Å². The quantitative estimate of drug-likeness (QED) is 0.699. The Kier molecular flexibility index (Phi) is 6.60. The summed E-state index contributed by atoms with van der Waals surface area (Å²) < 4.78 is 71.2. The predicted molar refractivity (Wildman–Crippen MR) is 62.8 cm³/mol. The molecule has 0 aromatic carbocycles. The summed E-state index contributed by atoms with van der Waals surface area (Å²) in [5.74, 6) is -4.73. The average molecular weight is 305 g/mol. The summed E-state index contributed by atoms with van der Waals surface area (Å²) in [5, 5.41) is 3.11. The molecule has 3 nitrogen and oxygen atoms in total. The van der Waals surface area contributed by atoms with Crippen molar-refractivity contribution in [1.29, 1.82) is 0 Å². The van der Waals surface area contributed by atoms with Gasteiger partial charge >= 0.3 is 12.1 Å². The van der Waals surface area contributed by atoms with Gasteiger partial charge in [0.2, 0.25) is 0 Å². The van der Waals surface area contributed by atoms with E-state index in [1.54, 1.807) is 0 Å². The van der Waals surface area contributed by atoms with Crippen LogP contribution >= 0.6 is 0 Å². The lowest BCUT2D eigenvalue weighted by atomic mass is 9.99. The molecule has 1 aliphatic heterocycles. The molecule has 1 fully saturated rings. The first-order chi connectivity index (χ1) is 9.28. The number of nitrogens with one attached hydrogen (secondary N) is 1. The molecule has 20 heavy (non-hydrogen) atoms. The summed E-state index contributed by atoms with van der Waals surface area (Å²) in [4.78, 5) is 0. The minimum atomic E-state index is -5.57. The van der Waals surface area contributed by atoms with Crippen LogP contribution in [0.4, 0.5) is 22.0 Å². The smallest absolute Gasteiger partial charge is 0.381 e. The van der Waals surface area contributed by atoms with Crippen molar-refractivity contribution in [2.45, 2.75) is 37.9 Å². The number of hydrogen-bond donors (Lipinski definition) is 1. The van der Waals surface area contributed by atoms with Gasteiger partial charge in [-0.25, -0.2) is 0 Å². The average Bonchev–Trinajstić information content (AvgIpc) is 2.85. The topological polar surface area (TPSA) is 30.5 Å². The second kappa shape index (κ2) is 7.51. The Morgan fingerprint density at radius 3 is 2.50 bits per heavy atom. The Bertz CT molecular complexity index is 280. The molecule has 2 unspecified atom stereocenters. The molecule has 0 saturated carbocycles. The molecule has 0 aliphatic carbocycles. The second-order valence-electron chi connectivity index (χ2n) is 4.90. The van der Waals surface area contributed by atoms with Crippen LogP contribution in [0, 0.1) is 5.92 Å². The van der Waals surface area contributed by atoms with Crippen LogP contribution in [0.5, 0.6) is 0 Å². The number of alkyl halides is 5. The molecule has 2 atom stereocenters. The van der Waals surface area contributed by atoms with Crippen LogP contribution in [0.2, 0.25) is 0 Å². The van der Waals surface area contributed by atoms with Crippen LogP contribution in [0.15, 0.2) is 0 Å². The van der Waals surface area contributed by atoms with Crippen molar-refractivity contribution >= 4 is 0 Å². The molecule has 1 rings (SSSR count). The molecule has 120 valence electrons. The molecule has 0 aromatic heterocycles. The van der Waals surface area contributed by atoms with Crippen molar-refractivity contribution in [3.63, 3.8) is 0 Å². The lowest BCUT2D eigenvalue weighted by Crippen LogP contribution is -2.44. The van der Waals surface area contributed by atoms with E-state index in [1.807, 2.05) is 6.92 Å². The lowest BCUT2D eigenvalue weighted by molar-refractivity contribution is -0.297. The van der Waals surface area contributed by atoms with E-state index in [9.17, 15) is 22.0 Å². The Morgan fingerprint density at radius 1 is 1.30 bits per heavy atom. The highest BCUT2D eigenvalue weighted by atomic mass is 19.4. The summed E-state index contributed by atoms with van der Waals surface area (Å²) in [7, 11) is 0. The first-order valence-corrected chi connectivity index (χ1v) is 6.61. The SMILES string of the molecule is CCCNC(COCC(F)(F)C(F)(F)F)C1CCOC1. The first-order valence-electron chi connectivity index (χ1n) is 6.61. The molecule has 1 heterocycles. The van der Waals surface area contributed by atoms with Gasteiger partial charge in [0.05, 0.1) is 13.2 Å². The van der Waals surface area contributed by atoms with E-state index in [0.717, 1.165) is 12.8 Å². The fourth-order valence-corrected chi connectivity index (χ4v) is 1.96. The normalized spacial score (nSPS) is 22.2. The van der Waals surface area contributed by atoms with Gasteiger partial charge < -0.3 is 14.8 Å². The summed E-state index contributed by atoms with van der Waals surface area (Å²) in [6.07, 6.45) is -3.99. The third kappa shape index (κ3) is 5.14. The fraction of sp³-hybridized carbons (Fsp3) is 1.00. The summed E-state index contributed by atoms with van der Waals surface area (Å²) in [6.45, 7) is 1.82. The molecule has 0 spiro atoms. The minimum absolute atomic E-state index is 0.0843.